The van der Waals surface area contributed by atoms with Crippen LogP contribution >= 0.6 is 0 Å². The monoisotopic (exact) mass is 332 g/mol. The van der Waals surface area contributed by atoms with Crippen molar-refractivity contribution in [2.45, 2.75) is 19.9 Å². The fraction of sp³-hybridized carbons (Fsp3) is 0.238. The summed E-state index contributed by atoms with van der Waals surface area (Å²) >= 11 is 0. The largest absolute Gasteiger partial charge is 0.467 e. The molecule has 4 nitrogen and oxygen atoms in total. The van der Waals surface area contributed by atoms with Crippen LogP contribution in [-0.4, -0.2) is 28.9 Å². The number of pyridine rings is 1. The molecule has 0 spiro atoms. The summed E-state index contributed by atoms with van der Waals surface area (Å²) in [5, 5.41) is 1.07. The highest BCUT2D eigenvalue weighted by Gasteiger charge is 2.22. The van der Waals surface area contributed by atoms with E-state index in [0.717, 1.165) is 28.5 Å². The van der Waals surface area contributed by atoms with Crippen molar-refractivity contribution in [3.8, 4) is 5.88 Å². The van der Waals surface area contributed by atoms with Crippen molar-refractivity contribution in [1.82, 2.24) is 9.88 Å². The number of amides is 1. The Morgan fingerprint density at radius 1 is 1.12 bits per heavy atom. The van der Waals surface area contributed by atoms with Gasteiger partial charge in [-0.05, 0) is 36.6 Å². The number of aromatic nitrogens is 1. The van der Waals surface area contributed by atoms with Crippen LogP contribution in [0.5, 0.6) is 5.88 Å². The fourth-order valence-corrected chi connectivity index (χ4v) is 3.17. The van der Waals surface area contributed by atoms with Crippen molar-refractivity contribution in [3.63, 3.8) is 0 Å². The van der Waals surface area contributed by atoms with E-state index in [0.29, 0.717) is 19.0 Å². The van der Waals surface area contributed by atoms with Crippen LogP contribution in [0, 0.1) is 6.92 Å². The summed E-state index contributed by atoms with van der Waals surface area (Å²) in [6.07, 6.45) is 0.835. The maximum Gasteiger partial charge on any atom is 0.260 e. The van der Waals surface area contributed by atoms with Crippen LogP contribution < -0.4 is 4.74 Å². The Kier molecular flexibility index (Phi) is 4.10. The van der Waals surface area contributed by atoms with E-state index in [1.54, 1.807) is 0 Å². The lowest BCUT2D eigenvalue weighted by molar-refractivity contribution is -0.133. The van der Waals surface area contributed by atoms with Gasteiger partial charge >= 0.3 is 0 Å². The van der Waals surface area contributed by atoms with Gasteiger partial charge in [0.15, 0.2) is 6.61 Å². The minimum atomic E-state index is 0.00849. The number of carbonyl (C=O) groups is 1. The molecule has 0 saturated carbocycles. The summed E-state index contributed by atoms with van der Waals surface area (Å²) in [6.45, 7) is 3.31. The van der Waals surface area contributed by atoms with Crippen molar-refractivity contribution < 1.29 is 9.53 Å². The highest BCUT2D eigenvalue weighted by Crippen LogP contribution is 2.26. The second-order valence-electron chi connectivity index (χ2n) is 6.49. The Morgan fingerprint density at radius 3 is 2.80 bits per heavy atom. The summed E-state index contributed by atoms with van der Waals surface area (Å²) in [5.41, 5.74) is 4.26. The lowest BCUT2D eigenvalue weighted by Crippen LogP contribution is -2.34. The molecule has 4 heteroatoms. The second-order valence-corrected chi connectivity index (χ2v) is 6.49. The number of hydrogen-bond acceptors (Lipinski definition) is 3. The van der Waals surface area contributed by atoms with E-state index in [4.69, 9.17) is 4.74 Å². The molecule has 0 N–H and O–H groups in total. The van der Waals surface area contributed by atoms with Gasteiger partial charge in [-0.2, -0.15) is 0 Å². The highest BCUT2D eigenvalue weighted by atomic mass is 16.5. The third-order valence-electron chi connectivity index (χ3n) is 4.57. The molecule has 0 fully saturated rings. The van der Waals surface area contributed by atoms with Gasteiger partial charge in [0.25, 0.3) is 5.91 Å². The summed E-state index contributed by atoms with van der Waals surface area (Å²) in [4.78, 5) is 18.9. The number of fused-ring (bicyclic) bond motifs is 2. The molecule has 4 rings (SSSR count). The molecule has 3 aromatic rings. The molecule has 1 aliphatic rings. The molecule has 1 amide bonds. The number of hydrogen-bond donors (Lipinski definition) is 0. The molecule has 1 aromatic heterocycles. The molecular weight excluding hydrogens is 312 g/mol. The minimum absolute atomic E-state index is 0.00849. The molecule has 25 heavy (non-hydrogen) atoms. The topological polar surface area (TPSA) is 42.4 Å². The smallest absolute Gasteiger partial charge is 0.260 e. The van der Waals surface area contributed by atoms with E-state index in [2.05, 4.69) is 35.3 Å². The Hall–Kier alpha value is -2.88. The zero-order chi connectivity index (χ0) is 17.2. The maximum atomic E-state index is 12.4. The third kappa shape index (κ3) is 3.33. The number of aryl methyl sites for hydroxylation is 1. The fourth-order valence-electron chi connectivity index (χ4n) is 3.17. The molecule has 0 bridgehead atoms. The van der Waals surface area contributed by atoms with Gasteiger partial charge in [-0.3, -0.25) is 4.79 Å². The molecule has 0 aliphatic carbocycles. The average Bonchev–Trinajstić information content (AvgIpc) is 2.78. The number of benzene rings is 2. The van der Waals surface area contributed by atoms with Crippen LogP contribution in [0.4, 0.5) is 0 Å². The maximum absolute atomic E-state index is 12.4. The highest BCUT2D eigenvalue weighted by molar-refractivity contribution is 5.82. The lowest BCUT2D eigenvalue weighted by Gasteiger charge is -2.20. The summed E-state index contributed by atoms with van der Waals surface area (Å²) in [5.74, 6) is 0.586. The van der Waals surface area contributed by atoms with Gasteiger partial charge < -0.3 is 9.64 Å². The Balaban J connectivity index is 1.59. The van der Waals surface area contributed by atoms with Crippen LogP contribution in [0.2, 0.25) is 0 Å². The lowest BCUT2D eigenvalue weighted by atomic mass is 10.1. The number of nitrogens with zero attached hydrogens (tertiary/aromatic N) is 2. The van der Waals surface area contributed by atoms with E-state index in [9.17, 15) is 4.79 Å². The predicted molar refractivity (Wildman–Crippen MR) is 97.5 cm³/mol. The zero-order valence-electron chi connectivity index (χ0n) is 14.2. The van der Waals surface area contributed by atoms with E-state index in [1.165, 1.54) is 5.56 Å². The zero-order valence-corrected chi connectivity index (χ0v) is 14.2. The summed E-state index contributed by atoms with van der Waals surface area (Å²) in [6, 6.07) is 18.5. The quantitative estimate of drug-likeness (QED) is 0.737. The van der Waals surface area contributed by atoms with E-state index in [-0.39, 0.29) is 12.5 Å². The Morgan fingerprint density at radius 2 is 1.96 bits per heavy atom. The Bertz CT molecular complexity index is 922. The molecule has 2 heterocycles. The molecule has 0 saturated heterocycles. The normalized spacial score (nSPS) is 14.1. The van der Waals surface area contributed by atoms with Gasteiger partial charge in [-0.25, -0.2) is 4.98 Å². The van der Waals surface area contributed by atoms with Crippen LogP contribution in [-0.2, 0) is 17.8 Å². The molecule has 0 atom stereocenters. The van der Waals surface area contributed by atoms with Gasteiger partial charge in [0.1, 0.15) is 0 Å². The van der Waals surface area contributed by atoms with Crippen LogP contribution in [0.15, 0.2) is 54.6 Å². The average molecular weight is 332 g/mol. The van der Waals surface area contributed by atoms with E-state index >= 15 is 0 Å². The molecule has 0 radical (unpaired) electrons. The first kappa shape index (κ1) is 15.6. The first-order valence-electron chi connectivity index (χ1n) is 8.54. The SMILES string of the molecule is Cc1ccc2cc3c(nc2c1)OCC(=O)N(CCc1ccccc1)C3. The minimum Gasteiger partial charge on any atom is -0.467 e. The van der Waals surface area contributed by atoms with Gasteiger partial charge in [0.2, 0.25) is 5.88 Å². The molecule has 0 unspecified atom stereocenters. The summed E-state index contributed by atoms with van der Waals surface area (Å²) < 4.78 is 5.69. The van der Waals surface area contributed by atoms with Gasteiger partial charge in [-0.15, -0.1) is 0 Å². The van der Waals surface area contributed by atoms with Crippen molar-refractivity contribution >= 4 is 16.8 Å². The molecule has 1 aliphatic heterocycles. The van der Waals surface area contributed by atoms with Gasteiger partial charge in [-0.1, -0.05) is 42.5 Å². The van der Waals surface area contributed by atoms with Crippen LogP contribution in [0.1, 0.15) is 16.7 Å². The van der Waals surface area contributed by atoms with E-state index in [1.807, 2.05) is 36.1 Å². The summed E-state index contributed by atoms with van der Waals surface area (Å²) in [7, 11) is 0. The van der Waals surface area contributed by atoms with Crippen molar-refractivity contribution in [2.24, 2.45) is 0 Å². The first-order valence-corrected chi connectivity index (χ1v) is 8.54. The molecule has 2 aromatic carbocycles. The number of carbonyl (C=O) groups excluding carboxylic acids is 1. The van der Waals surface area contributed by atoms with Crippen molar-refractivity contribution in [2.75, 3.05) is 13.2 Å². The van der Waals surface area contributed by atoms with Crippen LogP contribution in [0.25, 0.3) is 10.9 Å². The predicted octanol–water partition coefficient (Wildman–Crippen LogP) is 3.51. The first-order chi connectivity index (χ1) is 12.2. The van der Waals surface area contributed by atoms with Gasteiger partial charge in [0.05, 0.1) is 12.1 Å². The molecular formula is C21H20N2O2. The Labute approximate surface area is 147 Å². The molecule has 126 valence electrons. The number of rotatable bonds is 3. The standard InChI is InChI=1S/C21H20N2O2/c1-15-7-8-17-12-18-13-23(10-9-16-5-3-2-4-6-16)20(24)14-25-21(18)22-19(17)11-15/h2-8,11-12H,9-10,13-14H2,1H3. The van der Waals surface area contributed by atoms with E-state index < -0.39 is 0 Å². The van der Waals surface area contributed by atoms with Gasteiger partial charge in [0, 0.05) is 17.5 Å². The van der Waals surface area contributed by atoms with Crippen molar-refractivity contribution in [1.29, 1.82) is 0 Å². The van der Waals surface area contributed by atoms with Crippen LogP contribution in [0.3, 0.4) is 0 Å². The number of ether oxygens (including phenoxy) is 1. The third-order valence-corrected chi connectivity index (χ3v) is 4.57. The van der Waals surface area contributed by atoms with Crippen molar-refractivity contribution in [3.05, 3.63) is 71.3 Å². The second kappa shape index (κ2) is 6.55.